The van der Waals surface area contributed by atoms with Crippen LogP contribution in [0.5, 0.6) is 0 Å². The number of rotatable bonds is 5. The molecular formula is C14H22N2O. The molecule has 1 aromatic carbocycles. The summed E-state index contributed by atoms with van der Waals surface area (Å²) in [6.45, 7) is 6.15. The van der Waals surface area contributed by atoms with E-state index in [1.54, 1.807) is 0 Å². The number of hydrogen-bond acceptors (Lipinski definition) is 2. The number of primary amides is 1. The molecule has 0 heterocycles. The molecule has 3 heteroatoms. The van der Waals surface area contributed by atoms with Gasteiger partial charge in [0.1, 0.15) is 0 Å². The molecule has 3 nitrogen and oxygen atoms in total. The van der Waals surface area contributed by atoms with Gasteiger partial charge in [-0.15, -0.1) is 0 Å². The SMILES string of the molecule is Cc1ccc(C(N)CC(C)CC(N)=O)c(C)c1. The molecule has 2 unspecified atom stereocenters. The van der Waals surface area contributed by atoms with Gasteiger partial charge in [0, 0.05) is 12.5 Å². The molecule has 0 aliphatic heterocycles. The van der Waals surface area contributed by atoms with Gasteiger partial charge >= 0.3 is 0 Å². The summed E-state index contributed by atoms with van der Waals surface area (Å²) < 4.78 is 0. The highest BCUT2D eigenvalue weighted by Gasteiger charge is 2.14. The fourth-order valence-electron chi connectivity index (χ4n) is 2.23. The molecule has 17 heavy (non-hydrogen) atoms. The molecule has 0 bridgehead atoms. The Balaban J connectivity index is 2.69. The van der Waals surface area contributed by atoms with Gasteiger partial charge in [0.05, 0.1) is 0 Å². The number of aryl methyl sites for hydroxylation is 2. The van der Waals surface area contributed by atoms with Gasteiger partial charge in [-0.2, -0.15) is 0 Å². The van der Waals surface area contributed by atoms with Crippen LogP contribution in [-0.4, -0.2) is 5.91 Å². The lowest BCUT2D eigenvalue weighted by Crippen LogP contribution is -2.20. The third kappa shape index (κ3) is 4.19. The smallest absolute Gasteiger partial charge is 0.217 e. The lowest BCUT2D eigenvalue weighted by Gasteiger charge is -2.18. The Morgan fingerprint density at radius 1 is 1.35 bits per heavy atom. The van der Waals surface area contributed by atoms with Crippen LogP contribution >= 0.6 is 0 Å². The first kappa shape index (κ1) is 13.7. The Labute approximate surface area is 103 Å². The van der Waals surface area contributed by atoms with Crippen molar-refractivity contribution in [3.8, 4) is 0 Å². The van der Waals surface area contributed by atoms with Crippen molar-refractivity contribution in [2.24, 2.45) is 17.4 Å². The molecular weight excluding hydrogens is 212 g/mol. The quantitative estimate of drug-likeness (QED) is 0.820. The van der Waals surface area contributed by atoms with E-state index in [2.05, 4.69) is 32.0 Å². The summed E-state index contributed by atoms with van der Waals surface area (Å²) in [6, 6.07) is 6.26. The molecule has 0 saturated carbocycles. The van der Waals surface area contributed by atoms with Crippen LogP contribution in [0.25, 0.3) is 0 Å². The normalized spacial score (nSPS) is 14.4. The highest BCUT2D eigenvalue weighted by atomic mass is 16.1. The van der Waals surface area contributed by atoms with E-state index in [9.17, 15) is 4.79 Å². The molecule has 94 valence electrons. The van der Waals surface area contributed by atoms with E-state index in [0.717, 1.165) is 12.0 Å². The number of carbonyl (C=O) groups is 1. The van der Waals surface area contributed by atoms with Crippen molar-refractivity contribution in [3.63, 3.8) is 0 Å². The zero-order valence-electron chi connectivity index (χ0n) is 10.9. The topological polar surface area (TPSA) is 69.1 Å². The molecule has 2 atom stereocenters. The van der Waals surface area contributed by atoms with Gasteiger partial charge in [-0.25, -0.2) is 0 Å². The maximum absolute atomic E-state index is 10.8. The first-order valence-corrected chi connectivity index (χ1v) is 6.01. The predicted molar refractivity (Wildman–Crippen MR) is 70.4 cm³/mol. The Morgan fingerprint density at radius 2 is 2.00 bits per heavy atom. The number of carbonyl (C=O) groups excluding carboxylic acids is 1. The molecule has 1 rings (SSSR count). The average molecular weight is 234 g/mol. The molecule has 1 amide bonds. The monoisotopic (exact) mass is 234 g/mol. The van der Waals surface area contributed by atoms with Gasteiger partial charge < -0.3 is 11.5 Å². The minimum absolute atomic E-state index is 0.0232. The zero-order valence-corrected chi connectivity index (χ0v) is 10.9. The van der Waals surface area contributed by atoms with E-state index in [4.69, 9.17) is 11.5 Å². The van der Waals surface area contributed by atoms with E-state index in [-0.39, 0.29) is 17.9 Å². The van der Waals surface area contributed by atoms with E-state index < -0.39 is 0 Å². The van der Waals surface area contributed by atoms with Gasteiger partial charge in [0.15, 0.2) is 0 Å². The average Bonchev–Trinajstić information content (AvgIpc) is 2.15. The van der Waals surface area contributed by atoms with Gasteiger partial charge in [0.2, 0.25) is 5.91 Å². The third-order valence-corrected chi connectivity index (χ3v) is 3.03. The first-order chi connectivity index (χ1) is 7.90. The summed E-state index contributed by atoms with van der Waals surface area (Å²) in [6.07, 6.45) is 1.19. The number of benzene rings is 1. The second-order valence-electron chi connectivity index (χ2n) is 4.98. The van der Waals surface area contributed by atoms with Crippen LogP contribution in [-0.2, 0) is 4.79 Å². The van der Waals surface area contributed by atoms with Crippen molar-refractivity contribution in [2.75, 3.05) is 0 Å². The Hall–Kier alpha value is -1.35. The molecule has 0 radical (unpaired) electrons. The van der Waals surface area contributed by atoms with Crippen LogP contribution in [0.4, 0.5) is 0 Å². The fourth-order valence-corrected chi connectivity index (χ4v) is 2.23. The molecule has 0 fully saturated rings. The highest BCUT2D eigenvalue weighted by molar-refractivity contribution is 5.73. The van der Waals surface area contributed by atoms with E-state index in [0.29, 0.717) is 6.42 Å². The number of nitrogens with two attached hydrogens (primary N) is 2. The molecule has 0 aliphatic carbocycles. The summed E-state index contributed by atoms with van der Waals surface area (Å²) in [4.78, 5) is 10.8. The van der Waals surface area contributed by atoms with Crippen molar-refractivity contribution >= 4 is 5.91 Å². The maximum Gasteiger partial charge on any atom is 0.217 e. The van der Waals surface area contributed by atoms with Crippen molar-refractivity contribution in [3.05, 3.63) is 34.9 Å². The number of amides is 1. The molecule has 1 aromatic rings. The molecule has 0 aromatic heterocycles. The standard InChI is InChI=1S/C14H22N2O/c1-9-4-5-12(11(3)6-9)13(15)7-10(2)8-14(16)17/h4-6,10,13H,7-8,15H2,1-3H3,(H2,16,17). The first-order valence-electron chi connectivity index (χ1n) is 6.01. The largest absolute Gasteiger partial charge is 0.370 e. The zero-order chi connectivity index (χ0) is 13.0. The van der Waals surface area contributed by atoms with Gasteiger partial charge in [-0.05, 0) is 37.3 Å². The Bertz CT molecular complexity index is 401. The number of hydrogen-bond donors (Lipinski definition) is 2. The summed E-state index contributed by atoms with van der Waals surface area (Å²) >= 11 is 0. The van der Waals surface area contributed by atoms with Crippen LogP contribution in [0.2, 0.25) is 0 Å². The molecule has 0 aliphatic rings. The lowest BCUT2D eigenvalue weighted by molar-refractivity contribution is -0.118. The van der Waals surface area contributed by atoms with E-state index in [1.807, 2.05) is 6.92 Å². The minimum atomic E-state index is -0.259. The highest BCUT2D eigenvalue weighted by Crippen LogP contribution is 2.24. The summed E-state index contributed by atoms with van der Waals surface area (Å²) in [5.74, 6) is -0.0338. The third-order valence-electron chi connectivity index (χ3n) is 3.03. The second-order valence-corrected chi connectivity index (χ2v) is 4.98. The molecule has 0 saturated heterocycles. The van der Waals surface area contributed by atoms with E-state index in [1.165, 1.54) is 11.1 Å². The van der Waals surface area contributed by atoms with Crippen molar-refractivity contribution in [2.45, 2.75) is 39.7 Å². The van der Waals surface area contributed by atoms with Crippen LogP contribution in [0, 0.1) is 19.8 Å². The van der Waals surface area contributed by atoms with Gasteiger partial charge in [-0.3, -0.25) is 4.79 Å². The van der Waals surface area contributed by atoms with Gasteiger partial charge in [0.25, 0.3) is 0 Å². The lowest BCUT2D eigenvalue weighted by atomic mass is 9.91. The van der Waals surface area contributed by atoms with Crippen LogP contribution in [0.15, 0.2) is 18.2 Å². The Morgan fingerprint density at radius 3 is 2.53 bits per heavy atom. The van der Waals surface area contributed by atoms with Crippen molar-refractivity contribution in [1.82, 2.24) is 0 Å². The fraction of sp³-hybridized carbons (Fsp3) is 0.500. The van der Waals surface area contributed by atoms with Crippen LogP contribution < -0.4 is 11.5 Å². The summed E-state index contributed by atoms with van der Waals surface area (Å²) in [7, 11) is 0. The van der Waals surface area contributed by atoms with Crippen molar-refractivity contribution in [1.29, 1.82) is 0 Å². The van der Waals surface area contributed by atoms with Gasteiger partial charge in [-0.1, -0.05) is 30.7 Å². The summed E-state index contributed by atoms with van der Waals surface area (Å²) in [5, 5.41) is 0. The summed E-state index contributed by atoms with van der Waals surface area (Å²) in [5.41, 5.74) is 15.0. The molecule has 4 N–H and O–H groups in total. The maximum atomic E-state index is 10.8. The molecule has 0 spiro atoms. The van der Waals surface area contributed by atoms with Crippen molar-refractivity contribution < 1.29 is 4.79 Å². The van der Waals surface area contributed by atoms with Crippen LogP contribution in [0.3, 0.4) is 0 Å². The van der Waals surface area contributed by atoms with E-state index >= 15 is 0 Å². The Kier molecular flexibility index (Phi) is 4.70. The van der Waals surface area contributed by atoms with Crippen LogP contribution in [0.1, 0.15) is 42.5 Å². The minimum Gasteiger partial charge on any atom is -0.370 e. The predicted octanol–water partition coefficient (Wildman–Crippen LogP) is 2.20. The second kappa shape index (κ2) is 5.82.